The molecular formula is C6H12N4O2S. The maximum atomic E-state index is 11.0. The van der Waals surface area contributed by atoms with Gasteiger partial charge in [0.2, 0.25) is 10.0 Å². The van der Waals surface area contributed by atoms with Crippen LogP contribution in [-0.4, -0.2) is 28.9 Å². The Balaban J connectivity index is 2.58. The molecule has 1 aromatic rings. The van der Waals surface area contributed by atoms with Crippen molar-refractivity contribution in [2.75, 3.05) is 5.75 Å². The van der Waals surface area contributed by atoms with Gasteiger partial charge in [-0.1, -0.05) is 0 Å². The molecule has 0 aliphatic heterocycles. The Kier molecular flexibility index (Phi) is 2.99. The molecule has 0 bridgehead atoms. The summed E-state index contributed by atoms with van der Waals surface area (Å²) in [4.78, 5) is 0. The van der Waals surface area contributed by atoms with Crippen molar-refractivity contribution >= 4 is 10.0 Å². The molecule has 1 rings (SSSR count). The van der Waals surface area contributed by atoms with Crippen LogP contribution < -0.4 is 4.72 Å². The van der Waals surface area contributed by atoms with Gasteiger partial charge in [0, 0.05) is 7.05 Å². The van der Waals surface area contributed by atoms with Crippen molar-refractivity contribution in [3.63, 3.8) is 0 Å². The van der Waals surface area contributed by atoms with Gasteiger partial charge in [-0.2, -0.15) is 0 Å². The highest BCUT2D eigenvalue weighted by atomic mass is 32.2. The van der Waals surface area contributed by atoms with Crippen molar-refractivity contribution in [2.24, 2.45) is 7.05 Å². The predicted molar refractivity (Wildman–Crippen MR) is 47.3 cm³/mol. The molecule has 0 unspecified atom stereocenters. The predicted octanol–water partition coefficient (Wildman–Crippen LogP) is -0.746. The third-order valence-corrected chi connectivity index (χ3v) is 2.98. The molecule has 0 amide bonds. The largest absolute Gasteiger partial charge is 0.320 e. The topological polar surface area (TPSA) is 76.9 Å². The molecule has 0 aliphatic rings. The third kappa shape index (κ3) is 2.78. The van der Waals surface area contributed by atoms with Gasteiger partial charge < -0.3 is 4.57 Å². The molecule has 74 valence electrons. The Labute approximate surface area is 77.0 Å². The molecule has 13 heavy (non-hydrogen) atoms. The molecule has 0 aromatic carbocycles. The highest BCUT2D eigenvalue weighted by Crippen LogP contribution is 1.92. The van der Waals surface area contributed by atoms with Crippen LogP contribution in [0.2, 0.25) is 0 Å². The van der Waals surface area contributed by atoms with E-state index < -0.39 is 10.0 Å². The molecule has 6 nitrogen and oxygen atoms in total. The molecule has 7 heteroatoms. The first kappa shape index (κ1) is 10.1. The van der Waals surface area contributed by atoms with Crippen molar-refractivity contribution in [1.82, 2.24) is 19.5 Å². The molecule has 0 saturated heterocycles. The summed E-state index contributed by atoms with van der Waals surface area (Å²) in [5.74, 6) is 0.669. The molecule has 0 saturated carbocycles. The second-order valence-corrected chi connectivity index (χ2v) is 4.68. The fourth-order valence-electron chi connectivity index (χ4n) is 0.744. The minimum absolute atomic E-state index is 0.0743. The number of aryl methyl sites for hydroxylation is 1. The lowest BCUT2D eigenvalue weighted by Gasteiger charge is -2.02. The fraction of sp³-hybridized carbons (Fsp3) is 0.667. The van der Waals surface area contributed by atoms with Crippen LogP contribution in [0.5, 0.6) is 0 Å². The Morgan fingerprint density at radius 1 is 1.62 bits per heavy atom. The monoisotopic (exact) mass is 204 g/mol. The van der Waals surface area contributed by atoms with Crippen LogP contribution in [0.25, 0.3) is 0 Å². The summed E-state index contributed by atoms with van der Waals surface area (Å²) in [5, 5.41) is 7.37. The molecular weight excluding hydrogens is 192 g/mol. The van der Waals surface area contributed by atoms with E-state index in [1.807, 2.05) is 0 Å². The van der Waals surface area contributed by atoms with Gasteiger partial charge in [0.15, 0.2) is 0 Å². The lowest BCUT2D eigenvalue weighted by molar-refractivity contribution is 0.578. The summed E-state index contributed by atoms with van der Waals surface area (Å²) in [7, 11) is -1.38. The summed E-state index contributed by atoms with van der Waals surface area (Å²) >= 11 is 0. The van der Waals surface area contributed by atoms with Crippen molar-refractivity contribution in [1.29, 1.82) is 0 Å². The van der Waals surface area contributed by atoms with Crippen LogP contribution in [0.15, 0.2) is 6.33 Å². The van der Waals surface area contributed by atoms with Crippen LogP contribution in [0.3, 0.4) is 0 Å². The first-order chi connectivity index (χ1) is 6.05. The van der Waals surface area contributed by atoms with E-state index in [4.69, 9.17) is 0 Å². The van der Waals surface area contributed by atoms with Crippen LogP contribution in [0, 0.1) is 0 Å². The van der Waals surface area contributed by atoms with E-state index in [1.54, 1.807) is 18.5 Å². The summed E-state index contributed by atoms with van der Waals surface area (Å²) < 4.78 is 26.1. The van der Waals surface area contributed by atoms with Gasteiger partial charge in [-0.25, -0.2) is 13.1 Å². The van der Waals surface area contributed by atoms with Crippen molar-refractivity contribution in [2.45, 2.75) is 13.5 Å². The van der Waals surface area contributed by atoms with E-state index >= 15 is 0 Å². The van der Waals surface area contributed by atoms with Crippen LogP contribution in [-0.2, 0) is 23.6 Å². The maximum absolute atomic E-state index is 11.0. The van der Waals surface area contributed by atoms with Crippen LogP contribution in [0.1, 0.15) is 12.7 Å². The number of hydrogen-bond acceptors (Lipinski definition) is 4. The van der Waals surface area contributed by atoms with Gasteiger partial charge in [0.05, 0.1) is 12.3 Å². The first-order valence-electron chi connectivity index (χ1n) is 3.85. The highest BCUT2D eigenvalue weighted by Gasteiger charge is 2.08. The average Bonchev–Trinajstić information content (AvgIpc) is 2.48. The standard InChI is InChI=1S/C6H12N4O2S/c1-3-13(11,12)8-4-6-9-7-5-10(6)2/h5,8H,3-4H2,1-2H3. The SMILES string of the molecule is CCS(=O)(=O)NCc1nncn1C. The number of hydrogen-bond donors (Lipinski definition) is 1. The number of nitrogens with zero attached hydrogens (tertiary/aromatic N) is 3. The van der Waals surface area contributed by atoms with E-state index in [-0.39, 0.29) is 12.3 Å². The van der Waals surface area contributed by atoms with Gasteiger partial charge in [0.25, 0.3) is 0 Å². The average molecular weight is 204 g/mol. The van der Waals surface area contributed by atoms with Gasteiger partial charge in [0.1, 0.15) is 12.2 Å². The lowest BCUT2D eigenvalue weighted by atomic mass is 10.6. The molecule has 1 N–H and O–H groups in total. The van der Waals surface area contributed by atoms with Gasteiger partial charge >= 0.3 is 0 Å². The first-order valence-corrected chi connectivity index (χ1v) is 5.50. The molecule has 0 fully saturated rings. The Hall–Kier alpha value is -0.950. The molecule has 1 aromatic heterocycles. The molecule has 0 atom stereocenters. The summed E-state index contributed by atoms with van der Waals surface area (Å²) in [5.41, 5.74) is 0. The van der Waals surface area contributed by atoms with Crippen molar-refractivity contribution < 1.29 is 8.42 Å². The minimum atomic E-state index is -3.14. The van der Waals surface area contributed by atoms with E-state index in [0.717, 1.165) is 0 Å². The number of sulfonamides is 1. The van der Waals surface area contributed by atoms with Crippen LogP contribution >= 0.6 is 0 Å². The Bertz CT molecular complexity index is 370. The zero-order valence-corrected chi connectivity index (χ0v) is 8.37. The van der Waals surface area contributed by atoms with E-state index in [0.29, 0.717) is 5.82 Å². The van der Waals surface area contributed by atoms with E-state index in [2.05, 4.69) is 14.9 Å². The molecule has 0 aliphatic carbocycles. The maximum Gasteiger partial charge on any atom is 0.211 e. The van der Waals surface area contributed by atoms with Crippen LogP contribution in [0.4, 0.5) is 0 Å². The fourth-order valence-corrected chi connectivity index (χ4v) is 1.30. The van der Waals surface area contributed by atoms with Crippen molar-refractivity contribution in [3.8, 4) is 0 Å². The second kappa shape index (κ2) is 3.84. The summed E-state index contributed by atoms with van der Waals surface area (Å²) in [6, 6.07) is 0. The minimum Gasteiger partial charge on any atom is -0.320 e. The number of rotatable bonds is 4. The second-order valence-electron chi connectivity index (χ2n) is 2.58. The zero-order valence-electron chi connectivity index (χ0n) is 7.56. The van der Waals surface area contributed by atoms with Gasteiger partial charge in [-0.3, -0.25) is 0 Å². The lowest BCUT2D eigenvalue weighted by Crippen LogP contribution is -2.26. The summed E-state index contributed by atoms with van der Waals surface area (Å²) in [6.07, 6.45) is 1.52. The highest BCUT2D eigenvalue weighted by molar-refractivity contribution is 7.89. The normalized spacial score (nSPS) is 11.8. The number of nitrogens with one attached hydrogen (secondary N) is 1. The van der Waals surface area contributed by atoms with Gasteiger partial charge in [-0.15, -0.1) is 10.2 Å². The molecule has 0 radical (unpaired) electrons. The smallest absolute Gasteiger partial charge is 0.211 e. The Morgan fingerprint density at radius 3 is 2.77 bits per heavy atom. The van der Waals surface area contributed by atoms with Crippen molar-refractivity contribution in [3.05, 3.63) is 12.2 Å². The Morgan fingerprint density at radius 2 is 2.31 bits per heavy atom. The molecule has 0 spiro atoms. The summed E-state index contributed by atoms with van der Waals surface area (Å²) in [6.45, 7) is 1.77. The quantitative estimate of drug-likeness (QED) is 0.700. The van der Waals surface area contributed by atoms with E-state index in [1.165, 1.54) is 6.33 Å². The van der Waals surface area contributed by atoms with Gasteiger partial charge in [-0.05, 0) is 6.92 Å². The molecule has 1 heterocycles. The third-order valence-electron chi connectivity index (χ3n) is 1.64. The van der Waals surface area contributed by atoms with E-state index in [9.17, 15) is 8.42 Å². The zero-order chi connectivity index (χ0) is 9.90. The number of aromatic nitrogens is 3.